The standard InChI is InChI=1S/C29H60N4O2.ClH/c1-2-3-4-5-6-7-8-9-10-11-12-13-14-15-16-19-24-31-25-21-22-28(34)33-27-29(35)32-26-20-17-18-23-30;/h31H,2-27,30H2,1H3,(H,32,35)(H,33,34);1H. The maximum absolute atomic E-state index is 11.8. The lowest BCUT2D eigenvalue weighted by Crippen LogP contribution is -2.37. The molecule has 0 aromatic heterocycles. The number of amides is 2. The summed E-state index contributed by atoms with van der Waals surface area (Å²) in [6.45, 7) is 5.59. The van der Waals surface area contributed by atoms with Crippen LogP contribution in [0.5, 0.6) is 0 Å². The van der Waals surface area contributed by atoms with E-state index in [1.165, 1.54) is 103 Å². The van der Waals surface area contributed by atoms with Gasteiger partial charge in [-0.15, -0.1) is 12.4 Å². The van der Waals surface area contributed by atoms with E-state index in [-0.39, 0.29) is 30.8 Å². The second kappa shape index (κ2) is 32.2. The quantitative estimate of drug-likeness (QED) is 0.0876. The van der Waals surface area contributed by atoms with E-state index < -0.39 is 0 Å². The minimum atomic E-state index is -0.118. The molecule has 0 aromatic carbocycles. The fourth-order valence-corrected chi connectivity index (χ4v) is 4.30. The van der Waals surface area contributed by atoms with Crippen molar-refractivity contribution in [3.8, 4) is 0 Å². The largest absolute Gasteiger partial charge is 0.355 e. The summed E-state index contributed by atoms with van der Waals surface area (Å²) in [4.78, 5) is 23.5. The number of carbonyl (C=O) groups is 2. The van der Waals surface area contributed by atoms with Gasteiger partial charge >= 0.3 is 0 Å². The van der Waals surface area contributed by atoms with Crippen molar-refractivity contribution in [2.24, 2.45) is 5.73 Å². The van der Waals surface area contributed by atoms with Crippen LogP contribution in [0, 0.1) is 0 Å². The topological polar surface area (TPSA) is 96.2 Å². The van der Waals surface area contributed by atoms with E-state index in [9.17, 15) is 9.59 Å². The highest BCUT2D eigenvalue weighted by Crippen LogP contribution is 2.13. The Morgan fingerprint density at radius 2 is 0.972 bits per heavy atom. The van der Waals surface area contributed by atoms with E-state index in [0.29, 0.717) is 19.5 Å². The molecule has 2 amide bonds. The fourth-order valence-electron chi connectivity index (χ4n) is 4.30. The van der Waals surface area contributed by atoms with Crippen molar-refractivity contribution in [1.82, 2.24) is 16.0 Å². The average Bonchev–Trinajstić information content (AvgIpc) is 2.86. The van der Waals surface area contributed by atoms with Crippen molar-refractivity contribution in [2.45, 2.75) is 142 Å². The van der Waals surface area contributed by atoms with Crippen LogP contribution in [0.15, 0.2) is 0 Å². The van der Waals surface area contributed by atoms with Crippen molar-refractivity contribution < 1.29 is 9.59 Å². The van der Waals surface area contributed by atoms with Crippen molar-refractivity contribution in [3.05, 3.63) is 0 Å². The Kier molecular flexibility index (Phi) is 33.3. The van der Waals surface area contributed by atoms with Crippen LogP contribution in [0.25, 0.3) is 0 Å². The third-order valence-electron chi connectivity index (χ3n) is 6.61. The first-order chi connectivity index (χ1) is 17.2. The third-order valence-corrected chi connectivity index (χ3v) is 6.61. The molecule has 0 saturated carbocycles. The van der Waals surface area contributed by atoms with Crippen molar-refractivity contribution in [1.29, 1.82) is 0 Å². The van der Waals surface area contributed by atoms with Crippen LogP contribution < -0.4 is 21.7 Å². The molecule has 216 valence electrons. The van der Waals surface area contributed by atoms with Gasteiger partial charge < -0.3 is 21.7 Å². The van der Waals surface area contributed by atoms with Crippen LogP contribution in [0.1, 0.15) is 142 Å². The summed E-state index contributed by atoms with van der Waals surface area (Å²) in [7, 11) is 0. The Morgan fingerprint density at radius 1 is 0.528 bits per heavy atom. The van der Waals surface area contributed by atoms with Crippen LogP contribution >= 0.6 is 12.4 Å². The molecule has 0 aliphatic rings. The molecule has 0 heterocycles. The zero-order valence-corrected chi connectivity index (χ0v) is 24.5. The number of carbonyl (C=O) groups excluding carboxylic acids is 2. The molecule has 5 N–H and O–H groups in total. The molecule has 0 aliphatic heterocycles. The highest BCUT2D eigenvalue weighted by Gasteiger charge is 2.05. The predicted octanol–water partition coefficient (Wildman–Crippen LogP) is 6.40. The summed E-state index contributed by atoms with van der Waals surface area (Å²) in [5, 5.41) is 8.95. The molecule has 0 fully saturated rings. The van der Waals surface area contributed by atoms with E-state index in [4.69, 9.17) is 5.73 Å². The molecular weight excluding hydrogens is 472 g/mol. The molecule has 0 radical (unpaired) electrons. The second-order valence-corrected chi connectivity index (χ2v) is 10.1. The molecule has 0 rings (SSSR count). The van der Waals surface area contributed by atoms with Gasteiger partial charge in [0.15, 0.2) is 0 Å². The maximum atomic E-state index is 11.8. The summed E-state index contributed by atoms with van der Waals surface area (Å²) in [5.74, 6) is -0.166. The van der Waals surface area contributed by atoms with Gasteiger partial charge in [0.25, 0.3) is 0 Å². The predicted molar refractivity (Wildman–Crippen MR) is 158 cm³/mol. The molecular formula is C29H61ClN4O2. The lowest BCUT2D eigenvalue weighted by molar-refractivity contribution is -0.126. The number of halogens is 1. The molecule has 0 aliphatic carbocycles. The molecule has 0 aromatic rings. The van der Waals surface area contributed by atoms with Gasteiger partial charge in [-0.05, 0) is 45.3 Å². The van der Waals surface area contributed by atoms with E-state index >= 15 is 0 Å². The Balaban J connectivity index is 0. The molecule has 36 heavy (non-hydrogen) atoms. The number of hydrogen-bond donors (Lipinski definition) is 4. The Hall–Kier alpha value is -0.850. The van der Waals surface area contributed by atoms with Gasteiger partial charge in [0.2, 0.25) is 11.8 Å². The Labute approximate surface area is 229 Å². The van der Waals surface area contributed by atoms with Gasteiger partial charge in [0.1, 0.15) is 0 Å². The van der Waals surface area contributed by atoms with Crippen LogP contribution in [0.4, 0.5) is 0 Å². The molecule has 7 heteroatoms. The second-order valence-electron chi connectivity index (χ2n) is 10.1. The Bertz CT molecular complexity index is 467. The molecule has 0 spiro atoms. The van der Waals surface area contributed by atoms with Gasteiger partial charge in [-0.3, -0.25) is 9.59 Å². The van der Waals surface area contributed by atoms with Crippen LogP contribution in [0.2, 0.25) is 0 Å². The van der Waals surface area contributed by atoms with E-state index in [2.05, 4.69) is 22.9 Å². The zero-order valence-electron chi connectivity index (χ0n) is 23.7. The van der Waals surface area contributed by atoms with Gasteiger partial charge in [-0.1, -0.05) is 110 Å². The van der Waals surface area contributed by atoms with Gasteiger partial charge in [0.05, 0.1) is 6.54 Å². The first-order valence-corrected chi connectivity index (χ1v) is 15.1. The molecule has 0 unspecified atom stereocenters. The molecule has 0 saturated heterocycles. The Morgan fingerprint density at radius 3 is 1.50 bits per heavy atom. The van der Waals surface area contributed by atoms with Crippen LogP contribution in [-0.4, -0.2) is 44.5 Å². The highest BCUT2D eigenvalue weighted by atomic mass is 35.5. The summed E-state index contributed by atoms with van der Waals surface area (Å²) < 4.78 is 0. The number of nitrogens with two attached hydrogens (primary N) is 1. The first-order valence-electron chi connectivity index (χ1n) is 15.1. The normalized spacial score (nSPS) is 10.7. The molecule has 0 atom stereocenters. The summed E-state index contributed by atoms with van der Waals surface area (Å²) in [6.07, 6.45) is 26.5. The smallest absolute Gasteiger partial charge is 0.239 e. The lowest BCUT2D eigenvalue weighted by atomic mass is 10.0. The number of hydrogen-bond acceptors (Lipinski definition) is 4. The van der Waals surface area contributed by atoms with Crippen LogP contribution in [0.3, 0.4) is 0 Å². The van der Waals surface area contributed by atoms with E-state index in [1.807, 2.05) is 0 Å². The molecule has 0 bridgehead atoms. The number of nitrogens with one attached hydrogen (secondary N) is 3. The monoisotopic (exact) mass is 532 g/mol. The van der Waals surface area contributed by atoms with Gasteiger partial charge in [-0.2, -0.15) is 0 Å². The maximum Gasteiger partial charge on any atom is 0.239 e. The first kappa shape index (κ1) is 37.3. The minimum Gasteiger partial charge on any atom is -0.355 e. The number of unbranched alkanes of at least 4 members (excludes halogenated alkanes) is 17. The SMILES string of the molecule is CCCCCCCCCCCCCCCCCCNCCCC(=O)NCC(=O)NCCCCCN.Cl. The van der Waals surface area contributed by atoms with Gasteiger partial charge in [-0.25, -0.2) is 0 Å². The fraction of sp³-hybridized carbons (Fsp3) is 0.931. The zero-order chi connectivity index (χ0) is 25.7. The van der Waals surface area contributed by atoms with Crippen LogP contribution in [-0.2, 0) is 9.59 Å². The number of rotatable bonds is 28. The van der Waals surface area contributed by atoms with Crippen molar-refractivity contribution in [3.63, 3.8) is 0 Å². The minimum absolute atomic E-state index is 0. The third kappa shape index (κ3) is 31.2. The average molecular weight is 533 g/mol. The highest BCUT2D eigenvalue weighted by molar-refractivity contribution is 5.85. The van der Waals surface area contributed by atoms with E-state index in [1.54, 1.807) is 0 Å². The van der Waals surface area contributed by atoms with E-state index in [0.717, 1.165) is 38.8 Å². The van der Waals surface area contributed by atoms with Crippen molar-refractivity contribution >= 4 is 24.2 Å². The van der Waals surface area contributed by atoms with Crippen molar-refractivity contribution in [2.75, 3.05) is 32.7 Å². The summed E-state index contributed by atoms with van der Waals surface area (Å²) >= 11 is 0. The summed E-state index contributed by atoms with van der Waals surface area (Å²) in [6, 6.07) is 0. The van der Waals surface area contributed by atoms with Gasteiger partial charge in [0, 0.05) is 13.0 Å². The lowest BCUT2D eigenvalue weighted by Gasteiger charge is -2.07. The summed E-state index contributed by atoms with van der Waals surface area (Å²) in [5.41, 5.74) is 5.44. The molecule has 6 nitrogen and oxygen atoms in total.